The lowest BCUT2D eigenvalue weighted by Gasteiger charge is -2.18. The maximum absolute atomic E-state index is 12.2. The maximum atomic E-state index is 12.2. The van der Waals surface area contributed by atoms with E-state index < -0.39 is 0 Å². The van der Waals surface area contributed by atoms with Crippen molar-refractivity contribution in [3.05, 3.63) is 22.7 Å². The summed E-state index contributed by atoms with van der Waals surface area (Å²) in [6, 6.07) is 3.13. The van der Waals surface area contributed by atoms with Gasteiger partial charge in [-0.1, -0.05) is 25.4 Å². The maximum Gasteiger partial charge on any atom is 0.255 e. The highest BCUT2D eigenvalue weighted by Gasteiger charge is 2.15. The van der Waals surface area contributed by atoms with Crippen LogP contribution in [0.2, 0.25) is 5.02 Å². The van der Waals surface area contributed by atoms with E-state index in [1.807, 2.05) is 0 Å². The fourth-order valence-electron chi connectivity index (χ4n) is 1.93. The first kappa shape index (κ1) is 17.9. The van der Waals surface area contributed by atoms with Gasteiger partial charge in [0.1, 0.15) is 5.75 Å². The van der Waals surface area contributed by atoms with Crippen LogP contribution in [0.4, 0.5) is 5.69 Å². The molecule has 0 bridgehead atoms. The van der Waals surface area contributed by atoms with Crippen LogP contribution in [0.3, 0.4) is 0 Å². The number of likely N-dealkylation sites (N-methyl/N-ethyl adjacent to an activating group) is 1. The van der Waals surface area contributed by atoms with Gasteiger partial charge in [-0.05, 0) is 19.2 Å². The Morgan fingerprint density at radius 3 is 2.52 bits per heavy atom. The summed E-state index contributed by atoms with van der Waals surface area (Å²) in [6.45, 7) is 7.46. The molecule has 0 aliphatic carbocycles. The topological polar surface area (TPSA) is 53.6 Å². The molecule has 0 unspecified atom stereocenters. The zero-order valence-electron chi connectivity index (χ0n) is 12.5. The third kappa shape index (κ3) is 4.95. The minimum Gasteiger partial charge on any atom is -0.496 e. The van der Waals surface area contributed by atoms with Crippen LogP contribution in [0.15, 0.2) is 12.1 Å². The number of amides is 1. The van der Waals surface area contributed by atoms with E-state index in [1.165, 1.54) is 13.2 Å². The van der Waals surface area contributed by atoms with E-state index in [1.54, 1.807) is 6.07 Å². The number of hydrogen-bond acceptors (Lipinski definition) is 4. The predicted molar refractivity (Wildman–Crippen MR) is 87.6 cm³/mol. The Balaban J connectivity index is 2.75. The molecule has 7 heteroatoms. The van der Waals surface area contributed by atoms with Gasteiger partial charge in [0.25, 0.3) is 5.91 Å². The lowest BCUT2D eigenvalue weighted by Crippen LogP contribution is -2.34. The van der Waals surface area contributed by atoms with Gasteiger partial charge in [0, 0.05) is 30.9 Å². The lowest BCUT2D eigenvalue weighted by atomic mass is 10.1. The molecule has 0 fully saturated rings. The lowest BCUT2D eigenvalue weighted by molar-refractivity contribution is 0.0946. The monoisotopic (exact) mass is 333 g/mol. The molecular formula is C14H21Cl2N3O2. The van der Waals surface area contributed by atoms with Crippen LogP contribution >= 0.6 is 23.4 Å². The molecule has 1 rings (SSSR count). The third-order valence-electron chi connectivity index (χ3n) is 3.24. The highest BCUT2D eigenvalue weighted by Crippen LogP contribution is 2.31. The fraction of sp³-hybridized carbons (Fsp3) is 0.500. The van der Waals surface area contributed by atoms with Gasteiger partial charge in [0.2, 0.25) is 0 Å². The number of carbonyl (C=O) groups excluding carboxylic acids is 1. The number of anilines is 1. The number of carbonyl (C=O) groups is 1. The van der Waals surface area contributed by atoms with Gasteiger partial charge in [-0.15, -0.1) is 0 Å². The Kier molecular flexibility index (Phi) is 7.64. The summed E-state index contributed by atoms with van der Waals surface area (Å²) in [6.07, 6.45) is 0. The second-order valence-electron chi connectivity index (χ2n) is 4.41. The molecule has 0 aromatic heterocycles. The first-order valence-electron chi connectivity index (χ1n) is 6.82. The molecule has 5 nitrogen and oxygen atoms in total. The summed E-state index contributed by atoms with van der Waals surface area (Å²) < 4.78 is 5.21. The van der Waals surface area contributed by atoms with Crippen molar-refractivity contribution < 1.29 is 9.53 Å². The van der Waals surface area contributed by atoms with Gasteiger partial charge >= 0.3 is 0 Å². The van der Waals surface area contributed by atoms with E-state index in [0.717, 1.165) is 19.6 Å². The van der Waals surface area contributed by atoms with Crippen molar-refractivity contribution in [3.8, 4) is 5.75 Å². The second kappa shape index (κ2) is 8.97. The van der Waals surface area contributed by atoms with Gasteiger partial charge in [-0.2, -0.15) is 0 Å². The van der Waals surface area contributed by atoms with Crippen molar-refractivity contribution in [2.75, 3.05) is 38.1 Å². The summed E-state index contributed by atoms with van der Waals surface area (Å²) in [4.78, 5) is 16.9. The molecule has 0 aliphatic rings. The van der Waals surface area contributed by atoms with Crippen molar-refractivity contribution >= 4 is 35.0 Å². The molecule has 0 aliphatic heterocycles. The van der Waals surface area contributed by atoms with Crippen LogP contribution in [0.1, 0.15) is 24.2 Å². The highest BCUT2D eigenvalue weighted by atomic mass is 35.5. The molecule has 0 heterocycles. The number of hydrogen-bond donors (Lipinski definition) is 2. The summed E-state index contributed by atoms with van der Waals surface area (Å²) in [7, 11) is 1.49. The Hall–Kier alpha value is -1.17. The Morgan fingerprint density at radius 2 is 2.00 bits per heavy atom. The van der Waals surface area contributed by atoms with Gasteiger partial charge in [-0.3, -0.25) is 9.63 Å². The summed E-state index contributed by atoms with van der Waals surface area (Å²) >= 11 is 11.6. The average molecular weight is 334 g/mol. The largest absolute Gasteiger partial charge is 0.496 e. The van der Waals surface area contributed by atoms with E-state index in [4.69, 9.17) is 28.1 Å². The van der Waals surface area contributed by atoms with E-state index in [9.17, 15) is 4.79 Å². The molecule has 118 valence electrons. The molecular weight excluding hydrogens is 313 g/mol. The van der Waals surface area contributed by atoms with E-state index >= 15 is 0 Å². The number of nitrogens with zero attached hydrogens (tertiary/aromatic N) is 1. The van der Waals surface area contributed by atoms with Gasteiger partial charge in [0.15, 0.2) is 0 Å². The predicted octanol–water partition coefficient (Wildman–Crippen LogP) is 2.99. The van der Waals surface area contributed by atoms with Crippen LogP contribution in [0.25, 0.3) is 0 Å². The van der Waals surface area contributed by atoms with Crippen molar-refractivity contribution in [2.45, 2.75) is 13.8 Å². The van der Waals surface area contributed by atoms with Crippen LogP contribution in [0.5, 0.6) is 5.75 Å². The van der Waals surface area contributed by atoms with Crippen molar-refractivity contribution in [1.29, 1.82) is 0 Å². The molecule has 0 saturated carbocycles. The van der Waals surface area contributed by atoms with Crippen LogP contribution in [0, 0.1) is 0 Å². The standard InChI is InChI=1S/C14H21Cl2N3O2/c1-4-19(5-2)7-6-17-14(20)10-8-11(15)12(18-16)9-13(10)21-3/h8-9,18H,4-7H2,1-3H3,(H,17,20). The molecule has 0 spiro atoms. The average Bonchev–Trinajstić information content (AvgIpc) is 2.51. The summed E-state index contributed by atoms with van der Waals surface area (Å²) in [5.74, 6) is 0.199. The number of nitrogens with one attached hydrogen (secondary N) is 2. The first-order valence-corrected chi connectivity index (χ1v) is 7.57. The first-order chi connectivity index (χ1) is 10.1. The third-order valence-corrected chi connectivity index (χ3v) is 3.76. The van der Waals surface area contributed by atoms with Crippen molar-refractivity contribution in [2.24, 2.45) is 0 Å². The van der Waals surface area contributed by atoms with Crippen LogP contribution < -0.4 is 14.9 Å². The van der Waals surface area contributed by atoms with Crippen molar-refractivity contribution in [3.63, 3.8) is 0 Å². The zero-order valence-corrected chi connectivity index (χ0v) is 14.0. The molecule has 0 radical (unpaired) electrons. The Labute approximate surface area is 135 Å². The molecule has 1 amide bonds. The van der Waals surface area contributed by atoms with E-state index in [-0.39, 0.29) is 5.91 Å². The van der Waals surface area contributed by atoms with Crippen molar-refractivity contribution in [1.82, 2.24) is 10.2 Å². The van der Waals surface area contributed by atoms with Crippen LogP contribution in [-0.4, -0.2) is 44.1 Å². The van der Waals surface area contributed by atoms with Gasteiger partial charge in [0.05, 0.1) is 23.4 Å². The quantitative estimate of drug-likeness (QED) is 0.718. The molecule has 1 aromatic carbocycles. The Morgan fingerprint density at radius 1 is 1.33 bits per heavy atom. The number of halogens is 2. The zero-order chi connectivity index (χ0) is 15.8. The highest BCUT2D eigenvalue weighted by molar-refractivity contribution is 6.36. The number of methoxy groups -OCH3 is 1. The molecule has 21 heavy (non-hydrogen) atoms. The van der Waals surface area contributed by atoms with E-state index in [0.29, 0.717) is 28.6 Å². The summed E-state index contributed by atoms with van der Waals surface area (Å²) in [5.41, 5.74) is 0.882. The summed E-state index contributed by atoms with van der Waals surface area (Å²) in [5, 5.41) is 3.23. The Bertz CT molecular complexity index is 480. The second-order valence-corrected chi connectivity index (χ2v) is 5.01. The number of ether oxygens (including phenoxy) is 1. The van der Waals surface area contributed by atoms with Crippen LogP contribution in [-0.2, 0) is 0 Å². The molecule has 1 aromatic rings. The SMILES string of the molecule is CCN(CC)CCNC(=O)c1cc(Cl)c(NCl)cc1OC. The fourth-order valence-corrected chi connectivity index (χ4v) is 2.35. The van der Waals surface area contributed by atoms with E-state index in [2.05, 4.69) is 28.9 Å². The molecule has 0 atom stereocenters. The molecule has 0 saturated heterocycles. The molecule has 2 N–H and O–H groups in total. The minimum atomic E-state index is -0.220. The smallest absolute Gasteiger partial charge is 0.255 e. The number of benzene rings is 1. The van der Waals surface area contributed by atoms with Gasteiger partial charge in [-0.25, -0.2) is 0 Å². The number of rotatable bonds is 8. The normalized spacial score (nSPS) is 10.6. The minimum absolute atomic E-state index is 0.220. The van der Waals surface area contributed by atoms with Gasteiger partial charge < -0.3 is 15.0 Å².